The number of anilines is 2. The maximum Gasteiger partial charge on any atom is 0.264 e. The molecule has 0 saturated carbocycles. The van der Waals surface area contributed by atoms with Gasteiger partial charge in [0.1, 0.15) is 0 Å². The lowest BCUT2D eigenvalue weighted by Crippen LogP contribution is -2.35. The third-order valence-corrected chi connectivity index (χ3v) is 7.46. The van der Waals surface area contributed by atoms with Crippen molar-refractivity contribution in [2.75, 3.05) is 9.62 Å². The summed E-state index contributed by atoms with van der Waals surface area (Å²) in [4.78, 5) is 13.1. The fourth-order valence-electron chi connectivity index (χ4n) is 4.01. The molecule has 4 rings (SSSR count). The maximum atomic E-state index is 13.2. The number of carbonyl (C=O) groups is 1. The first-order chi connectivity index (χ1) is 14.3. The molecule has 0 bridgehead atoms. The molecule has 0 unspecified atom stereocenters. The van der Waals surface area contributed by atoms with Gasteiger partial charge in [-0.25, -0.2) is 8.42 Å². The smallest absolute Gasteiger partial charge is 0.264 e. The Morgan fingerprint density at radius 1 is 0.967 bits per heavy atom. The number of hydrogen-bond donors (Lipinski definition) is 1. The predicted molar refractivity (Wildman–Crippen MR) is 120 cm³/mol. The van der Waals surface area contributed by atoms with Crippen LogP contribution >= 0.6 is 0 Å². The molecule has 1 amide bonds. The van der Waals surface area contributed by atoms with Crippen LogP contribution in [0.1, 0.15) is 34.0 Å². The van der Waals surface area contributed by atoms with Gasteiger partial charge in [-0.1, -0.05) is 36.4 Å². The van der Waals surface area contributed by atoms with Crippen molar-refractivity contribution in [3.05, 3.63) is 89.0 Å². The number of aryl methyl sites for hydroxylation is 2. The number of amides is 1. The number of nitrogens with zero attached hydrogens (tertiary/aromatic N) is 1. The van der Waals surface area contributed by atoms with Gasteiger partial charge in [-0.15, -0.1) is 0 Å². The summed E-state index contributed by atoms with van der Waals surface area (Å²) < 4.78 is 27.8. The van der Waals surface area contributed by atoms with E-state index in [0.717, 1.165) is 22.4 Å². The zero-order valence-electron chi connectivity index (χ0n) is 17.2. The molecule has 6 heteroatoms. The van der Waals surface area contributed by atoms with Gasteiger partial charge in [0, 0.05) is 17.3 Å². The summed E-state index contributed by atoms with van der Waals surface area (Å²) in [5, 5.41) is 2.99. The van der Waals surface area contributed by atoms with Crippen molar-refractivity contribution < 1.29 is 13.2 Å². The largest absolute Gasteiger partial charge is 0.322 e. The Morgan fingerprint density at radius 3 is 2.30 bits per heavy atom. The quantitative estimate of drug-likeness (QED) is 0.666. The highest BCUT2D eigenvalue weighted by molar-refractivity contribution is 7.92. The van der Waals surface area contributed by atoms with E-state index in [-0.39, 0.29) is 16.8 Å². The second-order valence-corrected chi connectivity index (χ2v) is 9.55. The van der Waals surface area contributed by atoms with Crippen LogP contribution in [0.5, 0.6) is 0 Å². The Balaban J connectivity index is 1.65. The number of carbonyl (C=O) groups excluding carboxylic acids is 1. The summed E-state index contributed by atoms with van der Waals surface area (Å²) in [5.74, 6) is -0.202. The van der Waals surface area contributed by atoms with Crippen molar-refractivity contribution in [3.8, 4) is 0 Å². The monoisotopic (exact) mass is 420 g/mol. The van der Waals surface area contributed by atoms with E-state index in [1.165, 1.54) is 4.31 Å². The number of benzene rings is 3. The molecule has 3 aromatic carbocycles. The van der Waals surface area contributed by atoms with E-state index in [1.54, 1.807) is 48.5 Å². The van der Waals surface area contributed by atoms with E-state index in [0.29, 0.717) is 17.7 Å². The number of sulfonamides is 1. The van der Waals surface area contributed by atoms with Gasteiger partial charge in [0.05, 0.1) is 10.6 Å². The van der Waals surface area contributed by atoms with E-state index >= 15 is 0 Å². The summed E-state index contributed by atoms with van der Waals surface area (Å²) in [5.41, 5.74) is 4.81. The molecule has 5 nitrogen and oxygen atoms in total. The van der Waals surface area contributed by atoms with Crippen LogP contribution in [0.3, 0.4) is 0 Å². The summed E-state index contributed by atoms with van der Waals surface area (Å²) in [7, 11) is -3.66. The van der Waals surface area contributed by atoms with Crippen LogP contribution in [0, 0.1) is 13.8 Å². The number of fused-ring (bicyclic) bond motifs is 1. The highest BCUT2D eigenvalue weighted by Gasteiger charge is 2.36. The minimum absolute atomic E-state index is 0.202. The standard InChI is InChI=1S/C24H24N2O3S/c1-16-8-7-9-17(2)23(16)25-24(27)19-12-13-22-20(15-19)14-18(3)26(22)30(28,29)21-10-5-4-6-11-21/h4-13,15,18H,14H2,1-3H3,(H,25,27)/t18-/m0/s1. The molecule has 0 aliphatic carbocycles. The second kappa shape index (κ2) is 7.61. The third-order valence-electron chi connectivity index (χ3n) is 5.51. The van der Waals surface area contributed by atoms with Crippen molar-refractivity contribution in [2.24, 2.45) is 0 Å². The molecule has 1 aliphatic heterocycles. The van der Waals surface area contributed by atoms with Crippen LogP contribution in [0.4, 0.5) is 11.4 Å². The topological polar surface area (TPSA) is 66.5 Å². The van der Waals surface area contributed by atoms with Crippen molar-refractivity contribution in [1.29, 1.82) is 0 Å². The molecule has 0 saturated heterocycles. The molecular weight excluding hydrogens is 396 g/mol. The Hall–Kier alpha value is -3.12. The average molecular weight is 421 g/mol. The van der Waals surface area contributed by atoms with Gasteiger partial charge in [-0.2, -0.15) is 0 Å². The Kier molecular flexibility index (Phi) is 5.12. The Morgan fingerprint density at radius 2 is 1.63 bits per heavy atom. The van der Waals surface area contributed by atoms with Crippen LogP contribution in [0.25, 0.3) is 0 Å². The molecule has 0 spiro atoms. The normalized spacial score (nSPS) is 15.7. The Labute approximate surface area is 177 Å². The van der Waals surface area contributed by atoms with Crippen LogP contribution in [-0.2, 0) is 16.4 Å². The summed E-state index contributed by atoms with van der Waals surface area (Å²) >= 11 is 0. The number of hydrogen-bond acceptors (Lipinski definition) is 3. The molecule has 0 aromatic heterocycles. The molecular formula is C24H24N2O3S. The van der Waals surface area contributed by atoms with Crippen molar-refractivity contribution >= 4 is 27.3 Å². The highest BCUT2D eigenvalue weighted by Crippen LogP contribution is 2.37. The van der Waals surface area contributed by atoms with E-state index in [2.05, 4.69) is 5.32 Å². The average Bonchev–Trinajstić information content (AvgIpc) is 3.07. The van der Waals surface area contributed by atoms with Gasteiger partial charge in [0.2, 0.25) is 0 Å². The van der Waals surface area contributed by atoms with Crippen molar-refractivity contribution in [1.82, 2.24) is 0 Å². The molecule has 154 valence electrons. The molecule has 1 N–H and O–H groups in total. The molecule has 1 aliphatic rings. The number of nitrogens with one attached hydrogen (secondary N) is 1. The SMILES string of the molecule is Cc1cccc(C)c1NC(=O)c1ccc2c(c1)C[C@H](C)N2S(=O)(=O)c1ccccc1. The van der Waals surface area contributed by atoms with Crippen LogP contribution in [0.15, 0.2) is 71.6 Å². The molecule has 0 radical (unpaired) electrons. The molecule has 3 aromatic rings. The van der Waals surface area contributed by atoms with Gasteiger partial charge < -0.3 is 5.32 Å². The predicted octanol–water partition coefficient (Wildman–Crippen LogP) is 4.70. The van der Waals surface area contributed by atoms with Crippen LogP contribution in [-0.4, -0.2) is 20.4 Å². The van der Waals surface area contributed by atoms with Gasteiger partial charge in [-0.05, 0) is 74.2 Å². The van der Waals surface area contributed by atoms with E-state index in [9.17, 15) is 13.2 Å². The minimum Gasteiger partial charge on any atom is -0.322 e. The summed E-state index contributed by atoms with van der Waals surface area (Å²) in [6.07, 6.45) is 0.561. The summed E-state index contributed by atoms with van der Waals surface area (Å²) in [6, 6.07) is 19.3. The number of rotatable bonds is 4. The zero-order chi connectivity index (χ0) is 21.5. The molecule has 30 heavy (non-hydrogen) atoms. The highest BCUT2D eigenvalue weighted by atomic mass is 32.2. The van der Waals surface area contributed by atoms with Crippen LogP contribution < -0.4 is 9.62 Å². The van der Waals surface area contributed by atoms with Crippen molar-refractivity contribution in [2.45, 2.75) is 38.1 Å². The first-order valence-electron chi connectivity index (χ1n) is 9.89. The molecule has 1 atom stereocenters. The first kappa shape index (κ1) is 20.2. The molecule has 0 fully saturated rings. The van der Waals surface area contributed by atoms with Gasteiger partial charge in [-0.3, -0.25) is 9.10 Å². The fourth-order valence-corrected chi connectivity index (χ4v) is 5.73. The number of para-hydroxylation sites is 1. The zero-order valence-corrected chi connectivity index (χ0v) is 18.0. The Bertz CT molecular complexity index is 1200. The third kappa shape index (κ3) is 3.48. The van der Waals surface area contributed by atoms with Gasteiger partial charge >= 0.3 is 0 Å². The lowest BCUT2D eigenvalue weighted by Gasteiger charge is -2.24. The summed E-state index contributed by atoms with van der Waals surface area (Å²) in [6.45, 7) is 5.80. The lowest BCUT2D eigenvalue weighted by atomic mass is 10.1. The fraction of sp³-hybridized carbons (Fsp3) is 0.208. The molecule has 1 heterocycles. The van der Waals surface area contributed by atoms with Crippen LogP contribution in [0.2, 0.25) is 0 Å². The van der Waals surface area contributed by atoms with Crippen molar-refractivity contribution in [3.63, 3.8) is 0 Å². The van der Waals surface area contributed by atoms with Gasteiger partial charge in [0.15, 0.2) is 0 Å². The minimum atomic E-state index is -3.66. The first-order valence-corrected chi connectivity index (χ1v) is 11.3. The maximum absolute atomic E-state index is 13.2. The van der Waals surface area contributed by atoms with E-state index < -0.39 is 10.0 Å². The van der Waals surface area contributed by atoms with E-state index in [4.69, 9.17) is 0 Å². The lowest BCUT2D eigenvalue weighted by molar-refractivity contribution is 0.102. The van der Waals surface area contributed by atoms with E-state index in [1.807, 2.05) is 39.0 Å². The van der Waals surface area contributed by atoms with Gasteiger partial charge in [0.25, 0.3) is 15.9 Å². The second-order valence-electron chi connectivity index (χ2n) is 7.73.